The maximum Gasteiger partial charge on any atom is 0.0400 e. The Morgan fingerprint density at radius 2 is 1.47 bits per heavy atom. The molecule has 0 amide bonds. The molecule has 2 aromatic rings. The van der Waals surface area contributed by atoms with E-state index in [1.807, 2.05) is 0 Å². The lowest BCUT2D eigenvalue weighted by molar-refractivity contribution is 0.867. The van der Waals surface area contributed by atoms with Crippen LogP contribution in [0.15, 0.2) is 48.5 Å². The molecule has 0 radical (unpaired) electrons. The molecule has 0 atom stereocenters. The third kappa shape index (κ3) is 3.83. The highest BCUT2D eigenvalue weighted by Crippen LogP contribution is 2.17. The second-order valence-corrected chi connectivity index (χ2v) is 5.15. The van der Waals surface area contributed by atoms with Crippen molar-refractivity contribution < 1.29 is 0 Å². The molecule has 0 aliphatic carbocycles. The molecule has 0 fully saturated rings. The first-order chi connectivity index (χ1) is 9.19. The van der Waals surface area contributed by atoms with Gasteiger partial charge in [-0.3, -0.25) is 0 Å². The van der Waals surface area contributed by atoms with Gasteiger partial charge in [0.05, 0.1) is 0 Å². The molecule has 100 valence electrons. The molecular formula is C17H22N2. The van der Waals surface area contributed by atoms with E-state index in [0.29, 0.717) is 12.5 Å². The lowest BCUT2D eigenvalue weighted by Gasteiger charge is -2.09. The first kappa shape index (κ1) is 13.6. The van der Waals surface area contributed by atoms with Gasteiger partial charge in [-0.25, -0.2) is 0 Å². The molecule has 0 bridgehead atoms. The van der Waals surface area contributed by atoms with Crippen LogP contribution in [-0.4, -0.2) is 0 Å². The van der Waals surface area contributed by atoms with Crippen LogP contribution in [0.5, 0.6) is 0 Å². The van der Waals surface area contributed by atoms with Gasteiger partial charge in [0.1, 0.15) is 0 Å². The van der Waals surface area contributed by atoms with Crippen molar-refractivity contribution in [1.82, 2.24) is 0 Å². The lowest BCUT2D eigenvalue weighted by Crippen LogP contribution is -2.01. The fourth-order valence-electron chi connectivity index (χ4n) is 1.98. The smallest absolute Gasteiger partial charge is 0.0400 e. The van der Waals surface area contributed by atoms with Gasteiger partial charge < -0.3 is 11.1 Å². The van der Waals surface area contributed by atoms with Gasteiger partial charge in [-0.15, -0.1) is 0 Å². The Hall–Kier alpha value is -1.80. The summed E-state index contributed by atoms with van der Waals surface area (Å²) in [4.78, 5) is 0. The molecular weight excluding hydrogens is 232 g/mol. The van der Waals surface area contributed by atoms with E-state index in [0.717, 1.165) is 12.2 Å². The second-order valence-electron chi connectivity index (χ2n) is 5.15. The van der Waals surface area contributed by atoms with Crippen LogP contribution in [0.3, 0.4) is 0 Å². The van der Waals surface area contributed by atoms with Crippen molar-refractivity contribution in [1.29, 1.82) is 0 Å². The number of hydrogen-bond donors (Lipinski definition) is 2. The Bertz CT molecular complexity index is 498. The highest BCUT2D eigenvalue weighted by molar-refractivity contribution is 5.45. The average Bonchev–Trinajstić information content (AvgIpc) is 2.46. The van der Waals surface area contributed by atoms with Gasteiger partial charge in [0, 0.05) is 18.8 Å². The van der Waals surface area contributed by atoms with Crippen LogP contribution >= 0.6 is 0 Å². The number of anilines is 1. The lowest BCUT2D eigenvalue weighted by atomic mass is 10.0. The average molecular weight is 254 g/mol. The van der Waals surface area contributed by atoms with E-state index in [1.54, 1.807) is 0 Å². The van der Waals surface area contributed by atoms with Gasteiger partial charge in [0.2, 0.25) is 0 Å². The fourth-order valence-corrected chi connectivity index (χ4v) is 1.98. The van der Waals surface area contributed by atoms with Gasteiger partial charge in [0.15, 0.2) is 0 Å². The molecule has 2 nitrogen and oxygen atoms in total. The van der Waals surface area contributed by atoms with Gasteiger partial charge in [0.25, 0.3) is 0 Å². The summed E-state index contributed by atoms with van der Waals surface area (Å²) in [7, 11) is 0. The largest absolute Gasteiger partial charge is 0.381 e. The summed E-state index contributed by atoms with van der Waals surface area (Å²) in [6, 6.07) is 17.1. The zero-order chi connectivity index (χ0) is 13.7. The monoisotopic (exact) mass is 254 g/mol. The quantitative estimate of drug-likeness (QED) is 0.849. The van der Waals surface area contributed by atoms with E-state index in [1.165, 1.54) is 16.7 Å². The zero-order valence-corrected chi connectivity index (χ0v) is 11.7. The minimum atomic E-state index is 0.581. The summed E-state index contributed by atoms with van der Waals surface area (Å²) >= 11 is 0. The van der Waals surface area contributed by atoms with E-state index in [4.69, 9.17) is 5.73 Å². The first-order valence-corrected chi connectivity index (χ1v) is 6.81. The van der Waals surface area contributed by atoms with Gasteiger partial charge in [-0.2, -0.15) is 0 Å². The summed E-state index contributed by atoms with van der Waals surface area (Å²) in [5.74, 6) is 0.581. The van der Waals surface area contributed by atoms with Crippen LogP contribution in [0.2, 0.25) is 0 Å². The van der Waals surface area contributed by atoms with Crippen molar-refractivity contribution in [3.8, 4) is 0 Å². The number of nitrogens with two attached hydrogens (primary N) is 1. The summed E-state index contributed by atoms with van der Waals surface area (Å²) < 4.78 is 0. The van der Waals surface area contributed by atoms with E-state index in [2.05, 4.69) is 67.7 Å². The third-order valence-corrected chi connectivity index (χ3v) is 3.33. The molecule has 19 heavy (non-hydrogen) atoms. The molecule has 2 heteroatoms. The molecule has 2 aromatic carbocycles. The van der Waals surface area contributed by atoms with Crippen LogP contribution in [0.25, 0.3) is 0 Å². The Balaban J connectivity index is 1.94. The Morgan fingerprint density at radius 3 is 2.00 bits per heavy atom. The van der Waals surface area contributed by atoms with E-state index < -0.39 is 0 Å². The molecule has 0 spiro atoms. The molecule has 2 rings (SSSR count). The summed E-state index contributed by atoms with van der Waals surface area (Å²) in [5.41, 5.74) is 10.6. The van der Waals surface area contributed by atoms with Gasteiger partial charge in [-0.05, 0) is 34.7 Å². The maximum absolute atomic E-state index is 5.59. The predicted octanol–water partition coefficient (Wildman–Crippen LogP) is 3.88. The molecule has 0 aliphatic rings. The van der Waals surface area contributed by atoms with Crippen molar-refractivity contribution in [2.75, 3.05) is 5.32 Å². The summed E-state index contributed by atoms with van der Waals surface area (Å²) in [6.07, 6.45) is 0. The zero-order valence-electron chi connectivity index (χ0n) is 11.7. The van der Waals surface area contributed by atoms with Crippen LogP contribution in [0.4, 0.5) is 5.69 Å². The topological polar surface area (TPSA) is 38.0 Å². The number of nitrogens with one attached hydrogen (secondary N) is 1. The summed E-state index contributed by atoms with van der Waals surface area (Å²) in [6.45, 7) is 5.86. The Morgan fingerprint density at radius 1 is 0.895 bits per heavy atom. The van der Waals surface area contributed by atoms with Crippen LogP contribution < -0.4 is 11.1 Å². The minimum absolute atomic E-state index is 0.581. The number of benzene rings is 2. The minimum Gasteiger partial charge on any atom is -0.381 e. The molecule has 0 heterocycles. The number of hydrogen-bond acceptors (Lipinski definition) is 2. The van der Waals surface area contributed by atoms with Crippen molar-refractivity contribution in [2.45, 2.75) is 32.9 Å². The normalized spacial score (nSPS) is 10.7. The summed E-state index contributed by atoms with van der Waals surface area (Å²) in [5, 5.41) is 3.43. The molecule has 0 saturated carbocycles. The van der Waals surface area contributed by atoms with E-state index in [9.17, 15) is 0 Å². The maximum atomic E-state index is 5.59. The Labute approximate surface area is 115 Å². The van der Waals surface area contributed by atoms with Crippen molar-refractivity contribution in [2.24, 2.45) is 5.73 Å². The van der Waals surface area contributed by atoms with Crippen LogP contribution in [0, 0.1) is 0 Å². The van der Waals surface area contributed by atoms with Crippen LogP contribution in [-0.2, 0) is 13.1 Å². The van der Waals surface area contributed by atoms with Gasteiger partial charge in [-0.1, -0.05) is 50.2 Å². The molecule has 0 saturated heterocycles. The number of rotatable bonds is 5. The molecule has 3 N–H and O–H groups in total. The first-order valence-electron chi connectivity index (χ1n) is 6.81. The molecule has 0 unspecified atom stereocenters. The standard InChI is InChI=1S/C17H22N2/c1-13(2)16-7-9-17(10-8-16)19-12-15-5-3-14(11-18)4-6-15/h3-10,13,19H,11-12,18H2,1-2H3. The predicted molar refractivity (Wildman–Crippen MR) is 82.2 cm³/mol. The highest BCUT2D eigenvalue weighted by Gasteiger charge is 1.99. The van der Waals surface area contributed by atoms with E-state index in [-0.39, 0.29) is 0 Å². The third-order valence-electron chi connectivity index (χ3n) is 3.33. The fraction of sp³-hybridized carbons (Fsp3) is 0.294. The van der Waals surface area contributed by atoms with Crippen LogP contribution in [0.1, 0.15) is 36.5 Å². The molecule has 0 aliphatic heterocycles. The van der Waals surface area contributed by atoms with Crippen molar-refractivity contribution in [3.05, 3.63) is 65.2 Å². The van der Waals surface area contributed by atoms with Crippen molar-refractivity contribution >= 4 is 5.69 Å². The Kier molecular flexibility index (Phi) is 4.58. The van der Waals surface area contributed by atoms with Gasteiger partial charge >= 0.3 is 0 Å². The van der Waals surface area contributed by atoms with E-state index >= 15 is 0 Å². The second kappa shape index (κ2) is 6.39. The van der Waals surface area contributed by atoms with Crippen molar-refractivity contribution in [3.63, 3.8) is 0 Å². The SMILES string of the molecule is CC(C)c1ccc(NCc2ccc(CN)cc2)cc1. The molecule has 0 aromatic heterocycles. The highest BCUT2D eigenvalue weighted by atomic mass is 14.9.